The highest BCUT2D eigenvalue weighted by Gasteiger charge is 2.29. The molecular weight excluding hydrogens is 204 g/mol. The zero-order chi connectivity index (χ0) is 9.26. The van der Waals surface area contributed by atoms with Crippen molar-refractivity contribution in [3.63, 3.8) is 0 Å². The Morgan fingerprint density at radius 1 is 1.54 bits per heavy atom. The molecule has 0 aromatic carbocycles. The topological polar surface area (TPSA) is 35.8 Å². The second-order valence-electron chi connectivity index (χ2n) is 3.14. The molecule has 68 valence electrons. The van der Waals surface area contributed by atoms with Crippen LogP contribution in [0.5, 0.6) is 0 Å². The van der Waals surface area contributed by atoms with Gasteiger partial charge in [0.2, 0.25) is 0 Å². The van der Waals surface area contributed by atoms with Crippen LogP contribution in [0.2, 0.25) is 4.34 Å². The summed E-state index contributed by atoms with van der Waals surface area (Å²) in [5.41, 5.74) is 0. The van der Waals surface area contributed by atoms with Crippen LogP contribution in [-0.2, 0) is 0 Å². The normalized spacial score (nSPS) is 27.4. The SMILES string of the molecule is N#C[C@H]1CNC[C@H]1c1ccc(Cl)s1. The molecule has 0 unspecified atom stereocenters. The third kappa shape index (κ3) is 1.71. The Bertz CT molecular complexity index is 342. The van der Waals surface area contributed by atoms with Gasteiger partial charge >= 0.3 is 0 Å². The fourth-order valence-corrected chi connectivity index (χ4v) is 2.87. The van der Waals surface area contributed by atoms with Gasteiger partial charge in [0.1, 0.15) is 0 Å². The molecular formula is C9H9ClN2S. The van der Waals surface area contributed by atoms with Crippen molar-refractivity contribution in [1.82, 2.24) is 5.32 Å². The summed E-state index contributed by atoms with van der Waals surface area (Å²) in [6.07, 6.45) is 0. The minimum absolute atomic E-state index is 0.106. The van der Waals surface area contributed by atoms with Gasteiger partial charge in [-0.05, 0) is 12.1 Å². The van der Waals surface area contributed by atoms with Crippen LogP contribution in [0, 0.1) is 17.2 Å². The van der Waals surface area contributed by atoms with Crippen LogP contribution < -0.4 is 5.32 Å². The van der Waals surface area contributed by atoms with Gasteiger partial charge in [0.15, 0.2) is 0 Å². The van der Waals surface area contributed by atoms with Crippen molar-refractivity contribution in [1.29, 1.82) is 5.26 Å². The van der Waals surface area contributed by atoms with E-state index in [0.29, 0.717) is 5.92 Å². The Balaban J connectivity index is 2.21. The van der Waals surface area contributed by atoms with E-state index in [9.17, 15) is 0 Å². The molecule has 2 nitrogen and oxygen atoms in total. The summed E-state index contributed by atoms with van der Waals surface area (Å²) in [7, 11) is 0. The molecule has 0 radical (unpaired) electrons. The first kappa shape index (κ1) is 9.01. The van der Waals surface area contributed by atoms with Crippen molar-refractivity contribution in [2.45, 2.75) is 5.92 Å². The van der Waals surface area contributed by atoms with E-state index in [4.69, 9.17) is 16.9 Å². The van der Waals surface area contributed by atoms with Crippen LogP contribution in [0.3, 0.4) is 0 Å². The second-order valence-corrected chi connectivity index (χ2v) is 4.89. The van der Waals surface area contributed by atoms with Gasteiger partial charge in [-0.1, -0.05) is 11.6 Å². The quantitative estimate of drug-likeness (QED) is 0.775. The van der Waals surface area contributed by atoms with Gasteiger partial charge in [-0.2, -0.15) is 5.26 Å². The first-order valence-electron chi connectivity index (χ1n) is 4.17. The number of halogens is 1. The predicted molar refractivity (Wildman–Crippen MR) is 54.0 cm³/mol. The Morgan fingerprint density at radius 2 is 2.38 bits per heavy atom. The van der Waals surface area contributed by atoms with Crippen molar-refractivity contribution in [2.75, 3.05) is 13.1 Å². The molecule has 1 aromatic heterocycles. The number of thiophene rings is 1. The summed E-state index contributed by atoms with van der Waals surface area (Å²) in [5.74, 6) is 0.442. The molecule has 2 heterocycles. The number of rotatable bonds is 1. The number of nitrogens with one attached hydrogen (secondary N) is 1. The maximum absolute atomic E-state index is 8.89. The van der Waals surface area contributed by atoms with E-state index in [1.807, 2.05) is 12.1 Å². The summed E-state index contributed by atoms with van der Waals surface area (Å²) >= 11 is 7.42. The zero-order valence-corrected chi connectivity index (χ0v) is 8.53. The first-order valence-corrected chi connectivity index (χ1v) is 5.36. The highest BCUT2D eigenvalue weighted by molar-refractivity contribution is 7.16. The Morgan fingerprint density at radius 3 is 3.00 bits per heavy atom. The van der Waals surface area contributed by atoms with Gasteiger partial charge in [0.25, 0.3) is 0 Å². The standard InChI is InChI=1S/C9H9ClN2S/c10-9-2-1-8(13-9)7-5-12-4-6(7)3-11/h1-2,6-7,12H,4-5H2/t6-,7+/m0/s1. The number of nitrogens with zero attached hydrogens (tertiary/aromatic N) is 1. The molecule has 0 bridgehead atoms. The molecule has 1 aliphatic rings. The number of nitriles is 1. The molecule has 2 atom stereocenters. The number of hydrogen-bond acceptors (Lipinski definition) is 3. The van der Waals surface area contributed by atoms with Gasteiger partial charge in [-0.25, -0.2) is 0 Å². The average Bonchev–Trinajstić information content (AvgIpc) is 2.71. The second kappa shape index (κ2) is 3.67. The van der Waals surface area contributed by atoms with Gasteiger partial charge in [0, 0.05) is 23.9 Å². The van der Waals surface area contributed by atoms with Crippen molar-refractivity contribution < 1.29 is 0 Å². The van der Waals surface area contributed by atoms with Crippen LogP contribution >= 0.6 is 22.9 Å². The molecule has 0 aliphatic carbocycles. The summed E-state index contributed by atoms with van der Waals surface area (Å²) in [4.78, 5) is 1.22. The lowest BCUT2D eigenvalue weighted by Crippen LogP contribution is -2.07. The maximum Gasteiger partial charge on any atom is 0.0931 e. The van der Waals surface area contributed by atoms with Gasteiger partial charge < -0.3 is 5.32 Å². The summed E-state index contributed by atoms with van der Waals surface area (Å²) in [6.45, 7) is 1.70. The molecule has 1 aliphatic heterocycles. The number of hydrogen-bond donors (Lipinski definition) is 1. The minimum atomic E-state index is 0.106. The molecule has 1 N–H and O–H groups in total. The van der Waals surface area contributed by atoms with Gasteiger partial charge in [-0.3, -0.25) is 0 Å². The molecule has 13 heavy (non-hydrogen) atoms. The first-order chi connectivity index (χ1) is 6.31. The molecule has 4 heteroatoms. The highest BCUT2D eigenvalue weighted by atomic mass is 35.5. The minimum Gasteiger partial charge on any atom is -0.315 e. The van der Waals surface area contributed by atoms with Crippen molar-refractivity contribution in [3.8, 4) is 6.07 Å². The van der Waals surface area contributed by atoms with E-state index in [0.717, 1.165) is 17.4 Å². The molecule has 2 rings (SSSR count). The van der Waals surface area contributed by atoms with Crippen molar-refractivity contribution in [2.24, 2.45) is 5.92 Å². The average molecular weight is 213 g/mol. The molecule has 1 fully saturated rings. The summed E-state index contributed by atoms with van der Waals surface area (Å²) in [5, 5.41) is 12.1. The fourth-order valence-electron chi connectivity index (χ4n) is 1.64. The summed E-state index contributed by atoms with van der Waals surface area (Å²) < 4.78 is 0.804. The highest BCUT2D eigenvalue weighted by Crippen LogP contribution is 2.34. The molecule has 0 saturated carbocycles. The lowest BCUT2D eigenvalue weighted by Gasteiger charge is -2.08. The molecule has 1 aromatic rings. The molecule has 0 amide bonds. The van der Waals surface area contributed by atoms with Crippen LogP contribution in [0.4, 0.5) is 0 Å². The Hall–Kier alpha value is -0.560. The van der Waals surface area contributed by atoms with Crippen LogP contribution in [0.15, 0.2) is 12.1 Å². The van der Waals surface area contributed by atoms with Crippen LogP contribution in [0.25, 0.3) is 0 Å². The van der Waals surface area contributed by atoms with Gasteiger partial charge in [-0.15, -0.1) is 11.3 Å². The third-order valence-corrected chi connectivity index (χ3v) is 3.70. The van der Waals surface area contributed by atoms with E-state index in [-0.39, 0.29) is 5.92 Å². The van der Waals surface area contributed by atoms with E-state index >= 15 is 0 Å². The predicted octanol–water partition coefficient (Wildman–Crippen LogP) is 2.23. The Kier molecular flexibility index (Phi) is 2.54. The van der Waals surface area contributed by atoms with E-state index in [1.54, 1.807) is 11.3 Å². The lowest BCUT2D eigenvalue weighted by atomic mass is 9.96. The molecule has 1 saturated heterocycles. The largest absolute Gasteiger partial charge is 0.315 e. The zero-order valence-electron chi connectivity index (χ0n) is 6.96. The smallest absolute Gasteiger partial charge is 0.0931 e. The fraction of sp³-hybridized carbons (Fsp3) is 0.444. The van der Waals surface area contributed by atoms with Crippen molar-refractivity contribution in [3.05, 3.63) is 21.3 Å². The monoisotopic (exact) mass is 212 g/mol. The Labute approximate surface area is 86.1 Å². The molecule has 0 spiro atoms. The van der Waals surface area contributed by atoms with E-state index < -0.39 is 0 Å². The van der Waals surface area contributed by atoms with E-state index in [1.165, 1.54) is 4.88 Å². The van der Waals surface area contributed by atoms with E-state index in [2.05, 4.69) is 11.4 Å². The lowest BCUT2D eigenvalue weighted by molar-refractivity contribution is 0.657. The van der Waals surface area contributed by atoms with Crippen molar-refractivity contribution >= 4 is 22.9 Å². The van der Waals surface area contributed by atoms with Gasteiger partial charge in [0.05, 0.1) is 16.3 Å². The summed E-state index contributed by atoms with van der Waals surface area (Å²) in [6, 6.07) is 6.24. The maximum atomic E-state index is 8.89. The third-order valence-electron chi connectivity index (χ3n) is 2.34. The van der Waals surface area contributed by atoms with Crippen LogP contribution in [0.1, 0.15) is 10.8 Å². The van der Waals surface area contributed by atoms with Crippen LogP contribution in [-0.4, -0.2) is 13.1 Å².